The van der Waals surface area contributed by atoms with Gasteiger partial charge in [-0.05, 0) is 133 Å². The van der Waals surface area contributed by atoms with E-state index in [-0.39, 0.29) is 0 Å². The van der Waals surface area contributed by atoms with Crippen LogP contribution in [0.4, 0.5) is 34.1 Å². The van der Waals surface area contributed by atoms with Crippen molar-refractivity contribution in [3.8, 4) is 22.3 Å². The Morgan fingerprint density at radius 2 is 0.833 bits per heavy atom. The third kappa shape index (κ3) is 6.52. The second-order valence-electron chi connectivity index (χ2n) is 18.8. The lowest BCUT2D eigenvalue weighted by molar-refractivity contribution is 0.669. The zero-order valence-electron chi connectivity index (χ0n) is 39.4. The molecule has 1 aliphatic carbocycles. The fourth-order valence-corrected chi connectivity index (χ4v) is 11.7. The van der Waals surface area contributed by atoms with E-state index in [1.807, 2.05) is 12.1 Å². The standard InChI is InChI=1S/C69H46N2O/c1-5-22-51(23-6-1)69(52-24-7-2-8-25-52)62-45-50(48-36-40-55(41-37-48)70(53-26-9-3-10-27-53)64-34-19-33-60-58-31-17-18-35-66(58)72-68(60)64)39-43-61(62)67-59-32-16-15-30-57(59)65(46-63(67)69)71(54-28-11-4-12-29-54)56-42-38-47-20-13-14-21-49(47)44-56/h1-46H. The number of furan rings is 1. The highest BCUT2D eigenvalue weighted by Gasteiger charge is 2.47. The summed E-state index contributed by atoms with van der Waals surface area (Å²) in [5.74, 6) is 0. The lowest BCUT2D eigenvalue weighted by Gasteiger charge is -2.35. The maximum Gasteiger partial charge on any atom is 0.159 e. The highest BCUT2D eigenvalue weighted by molar-refractivity contribution is 6.12. The lowest BCUT2D eigenvalue weighted by atomic mass is 9.67. The van der Waals surface area contributed by atoms with Gasteiger partial charge in [0.1, 0.15) is 5.58 Å². The van der Waals surface area contributed by atoms with Crippen LogP contribution in [-0.2, 0) is 5.41 Å². The van der Waals surface area contributed by atoms with Crippen LogP contribution in [0.3, 0.4) is 0 Å². The second-order valence-corrected chi connectivity index (χ2v) is 18.8. The monoisotopic (exact) mass is 918 g/mol. The Morgan fingerprint density at radius 1 is 0.306 bits per heavy atom. The van der Waals surface area contributed by atoms with E-state index < -0.39 is 5.41 Å². The molecule has 1 aromatic heterocycles. The molecule has 0 fully saturated rings. The third-order valence-electron chi connectivity index (χ3n) is 14.9. The molecule has 1 aliphatic rings. The summed E-state index contributed by atoms with van der Waals surface area (Å²) in [5, 5.41) is 7.04. The number of para-hydroxylation sites is 4. The van der Waals surface area contributed by atoms with Gasteiger partial charge in [-0.3, -0.25) is 0 Å². The number of nitrogens with zero attached hydrogens (tertiary/aromatic N) is 2. The van der Waals surface area contributed by atoms with E-state index in [9.17, 15) is 0 Å². The average molecular weight is 919 g/mol. The molecule has 1 heterocycles. The van der Waals surface area contributed by atoms with Crippen LogP contribution in [-0.4, -0.2) is 0 Å². The largest absolute Gasteiger partial charge is 0.454 e. The molecule has 0 N–H and O–H groups in total. The highest BCUT2D eigenvalue weighted by atomic mass is 16.3. The SMILES string of the molecule is c1ccc(N(c2ccc3ccccc3c2)c2cc3c(c4ccccc24)-c2ccc(-c4ccc(N(c5ccccc5)c5cccc6c5oc5ccccc56)cc4)cc2C3(c2ccccc2)c2ccccc2)cc1. The van der Waals surface area contributed by atoms with Gasteiger partial charge in [0.15, 0.2) is 5.58 Å². The second kappa shape index (κ2) is 16.9. The zero-order valence-corrected chi connectivity index (χ0v) is 39.4. The van der Waals surface area contributed by atoms with Gasteiger partial charge in [-0.1, -0.05) is 206 Å². The van der Waals surface area contributed by atoms with E-state index in [0.717, 1.165) is 67.2 Å². The van der Waals surface area contributed by atoms with Gasteiger partial charge in [0, 0.05) is 38.9 Å². The first-order chi connectivity index (χ1) is 35.7. The molecule has 72 heavy (non-hydrogen) atoms. The molecule has 3 nitrogen and oxygen atoms in total. The normalized spacial score (nSPS) is 12.6. The Hall–Kier alpha value is -9.44. The summed E-state index contributed by atoms with van der Waals surface area (Å²) in [5.41, 5.74) is 17.3. The van der Waals surface area contributed by atoms with Gasteiger partial charge >= 0.3 is 0 Å². The lowest BCUT2D eigenvalue weighted by Crippen LogP contribution is -2.29. The molecule has 0 saturated heterocycles. The van der Waals surface area contributed by atoms with E-state index in [1.165, 1.54) is 54.9 Å². The Kier molecular flexibility index (Phi) is 9.75. The first kappa shape index (κ1) is 41.5. The molecule has 338 valence electrons. The smallest absolute Gasteiger partial charge is 0.159 e. The Morgan fingerprint density at radius 3 is 1.53 bits per heavy atom. The molecule has 0 saturated carbocycles. The molecule has 3 heteroatoms. The van der Waals surface area contributed by atoms with Crippen molar-refractivity contribution in [2.45, 2.75) is 5.41 Å². The molecule has 12 aromatic carbocycles. The van der Waals surface area contributed by atoms with Crippen LogP contribution in [0.5, 0.6) is 0 Å². The predicted molar refractivity (Wildman–Crippen MR) is 301 cm³/mol. The van der Waals surface area contributed by atoms with Crippen LogP contribution in [0.25, 0.3) is 65.7 Å². The summed E-state index contributed by atoms with van der Waals surface area (Å²) < 4.78 is 6.63. The van der Waals surface area contributed by atoms with Crippen molar-refractivity contribution in [1.29, 1.82) is 0 Å². The summed E-state index contributed by atoms with van der Waals surface area (Å²) in [6.45, 7) is 0. The summed E-state index contributed by atoms with van der Waals surface area (Å²) >= 11 is 0. The topological polar surface area (TPSA) is 19.6 Å². The molecule has 0 atom stereocenters. The molecule has 13 aromatic rings. The molecular formula is C69H46N2O. The van der Waals surface area contributed by atoms with Gasteiger partial charge in [-0.25, -0.2) is 0 Å². The van der Waals surface area contributed by atoms with Crippen LogP contribution in [0, 0.1) is 0 Å². The minimum absolute atomic E-state index is 0.664. The van der Waals surface area contributed by atoms with Crippen molar-refractivity contribution in [1.82, 2.24) is 0 Å². The van der Waals surface area contributed by atoms with Crippen molar-refractivity contribution >= 4 is 77.6 Å². The van der Waals surface area contributed by atoms with Crippen molar-refractivity contribution in [3.05, 3.63) is 301 Å². The van der Waals surface area contributed by atoms with Crippen LogP contribution < -0.4 is 9.80 Å². The van der Waals surface area contributed by atoms with Gasteiger partial charge in [0.25, 0.3) is 0 Å². The number of fused-ring (bicyclic) bond motifs is 9. The quantitative estimate of drug-likeness (QED) is 0.144. The number of hydrogen-bond donors (Lipinski definition) is 0. The van der Waals surface area contributed by atoms with Gasteiger partial charge in [-0.15, -0.1) is 0 Å². The number of hydrogen-bond acceptors (Lipinski definition) is 3. The van der Waals surface area contributed by atoms with Crippen LogP contribution in [0.1, 0.15) is 22.3 Å². The van der Waals surface area contributed by atoms with Crippen LogP contribution in [0.15, 0.2) is 283 Å². The van der Waals surface area contributed by atoms with Crippen LogP contribution in [0.2, 0.25) is 0 Å². The van der Waals surface area contributed by atoms with E-state index in [0.29, 0.717) is 0 Å². The molecule has 0 spiro atoms. The van der Waals surface area contributed by atoms with Gasteiger partial charge < -0.3 is 14.2 Å². The summed E-state index contributed by atoms with van der Waals surface area (Å²) in [6.07, 6.45) is 0. The Bertz CT molecular complexity index is 4110. The molecule has 0 radical (unpaired) electrons. The van der Waals surface area contributed by atoms with Gasteiger partial charge in [-0.2, -0.15) is 0 Å². The third-order valence-corrected chi connectivity index (χ3v) is 14.9. The van der Waals surface area contributed by atoms with Gasteiger partial charge in [0.2, 0.25) is 0 Å². The highest BCUT2D eigenvalue weighted by Crippen LogP contribution is 2.60. The molecule has 0 unspecified atom stereocenters. The molecule has 0 aliphatic heterocycles. The maximum atomic E-state index is 6.63. The fourth-order valence-electron chi connectivity index (χ4n) is 11.7. The van der Waals surface area contributed by atoms with Crippen LogP contribution >= 0.6 is 0 Å². The number of benzene rings is 12. The van der Waals surface area contributed by atoms with Crippen molar-refractivity contribution in [2.24, 2.45) is 0 Å². The average Bonchev–Trinajstić information content (AvgIpc) is 3.99. The zero-order chi connectivity index (χ0) is 47.6. The summed E-state index contributed by atoms with van der Waals surface area (Å²) in [7, 11) is 0. The first-order valence-electron chi connectivity index (χ1n) is 24.7. The van der Waals surface area contributed by atoms with Crippen molar-refractivity contribution < 1.29 is 4.42 Å². The summed E-state index contributed by atoms with van der Waals surface area (Å²) in [6, 6.07) is 102. The first-order valence-corrected chi connectivity index (χ1v) is 24.7. The van der Waals surface area contributed by atoms with E-state index in [4.69, 9.17) is 4.42 Å². The predicted octanol–water partition coefficient (Wildman–Crippen LogP) is 18.9. The summed E-state index contributed by atoms with van der Waals surface area (Å²) in [4.78, 5) is 4.77. The fraction of sp³-hybridized carbons (Fsp3) is 0.0145. The van der Waals surface area contributed by atoms with Crippen molar-refractivity contribution in [2.75, 3.05) is 9.80 Å². The Labute approximate surface area is 418 Å². The van der Waals surface area contributed by atoms with Crippen molar-refractivity contribution in [3.63, 3.8) is 0 Å². The number of rotatable bonds is 9. The molecule has 0 amide bonds. The maximum absolute atomic E-state index is 6.63. The van der Waals surface area contributed by atoms with E-state index >= 15 is 0 Å². The molecule has 14 rings (SSSR count). The number of anilines is 6. The molecular weight excluding hydrogens is 873 g/mol. The minimum Gasteiger partial charge on any atom is -0.454 e. The Balaban J connectivity index is 0.978. The van der Waals surface area contributed by atoms with E-state index in [2.05, 4.69) is 277 Å². The van der Waals surface area contributed by atoms with E-state index in [1.54, 1.807) is 0 Å². The molecule has 0 bridgehead atoms. The minimum atomic E-state index is -0.664. The van der Waals surface area contributed by atoms with Gasteiger partial charge in [0.05, 0.1) is 16.8 Å².